The number of ether oxygens (including phenoxy) is 1. The van der Waals surface area contributed by atoms with E-state index in [-0.39, 0.29) is 6.61 Å². The summed E-state index contributed by atoms with van der Waals surface area (Å²) in [4.78, 5) is 22.7. The number of anilines is 1. The first-order chi connectivity index (χ1) is 15.2. The molecular formula is C25H27N3O3. The number of rotatable bonds is 8. The first kappa shape index (κ1) is 21.0. The van der Waals surface area contributed by atoms with Gasteiger partial charge < -0.3 is 14.7 Å². The van der Waals surface area contributed by atoms with Crippen LogP contribution in [0, 0.1) is 5.92 Å². The molecule has 0 saturated carbocycles. The third-order valence-electron chi connectivity index (χ3n) is 5.69. The van der Waals surface area contributed by atoms with E-state index < -0.39 is 5.97 Å². The minimum Gasteiger partial charge on any atom is -0.480 e. The number of carboxylic acids is 1. The zero-order valence-electron chi connectivity index (χ0n) is 17.5. The van der Waals surface area contributed by atoms with E-state index in [1.54, 1.807) is 0 Å². The zero-order chi connectivity index (χ0) is 21.5. The molecule has 2 heterocycles. The van der Waals surface area contributed by atoms with Crippen LogP contribution >= 0.6 is 0 Å². The Morgan fingerprint density at radius 3 is 2.19 bits per heavy atom. The normalized spacial score (nSPS) is 14.5. The monoisotopic (exact) mass is 417 g/mol. The summed E-state index contributed by atoms with van der Waals surface area (Å²) in [5, 5.41) is 8.66. The first-order valence-corrected chi connectivity index (χ1v) is 10.7. The van der Waals surface area contributed by atoms with Crippen LogP contribution in [0.3, 0.4) is 0 Å². The fourth-order valence-corrected chi connectivity index (χ4v) is 4.00. The summed E-state index contributed by atoms with van der Waals surface area (Å²) < 4.78 is 5.19. The number of aliphatic carboxylic acids is 1. The van der Waals surface area contributed by atoms with Gasteiger partial charge in [0, 0.05) is 30.8 Å². The second kappa shape index (κ2) is 10.2. The molecule has 6 heteroatoms. The van der Waals surface area contributed by atoms with Crippen molar-refractivity contribution in [3.05, 3.63) is 66.9 Å². The molecule has 1 aliphatic heterocycles. The number of nitrogens with zero attached hydrogens (tertiary/aromatic N) is 3. The lowest BCUT2D eigenvalue weighted by atomic mass is 9.94. The topological polar surface area (TPSA) is 75.6 Å². The predicted molar refractivity (Wildman–Crippen MR) is 121 cm³/mol. The molecule has 1 fully saturated rings. The summed E-state index contributed by atoms with van der Waals surface area (Å²) in [7, 11) is 0. The fraction of sp³-hybridized carbons (Fsp3) is 0.320. The van der Waals surface area contributed by atoms with Gasteiger partial charge in [0.05, 0.1) is 17.6 Å². The Balaban J connectivity index is 1.48. The Hall–Kier alpha value is -3.25. The molecule has 0 radical (unpaired) electrons. The van der Waals surface area contributed by atoms with Gasteiger partial charge in [0.2, 0.25) is 0 Å². The SMILES string of the molecule is O=C(O)COCCC1CCN(c2cnc(-c3ccccc3)c(-c3ccccc3)n2)CC1. The Bertz CT molecular complexity index is 987. The summed E-state index contributed by atoms with van der Waals surface area (Å²) in [5.74, 6) is 0.538. The lowest BCUT2D eigenvalue weighted by Gasteiger charge is -2.33. The number of carbonyl (C=O) groups is 1. The summed E-state index contributed by atoms with van der Waals surface area (Å²) in [5.41, 5.74) is 3.90. The van der Waals surface area contributed by atoms with Crippen LogP contribution in [0.2, 0.25) is 0 Å². The molecule has 2 aromatic carbocycles. The van der Waals surface area contributed by atoms with Crippen LogP contribution < -0.4 is 4.90 Å². The lowest BCUT2D eigenvalue weighted by molar-refractivity contribution is -0.142. The van der Waals surface area contributed by atoms with Crippen LogP contribution in [0.25, 0.3) is 22.5 Å². The van der Waals surface area contributed by atoms with E-state index in [2.05, 4.69) is 29.2 Å². The van der Waals surface area contributed by atoms with Gasteiger partial charge in [0.15, 0.2) is 0 Å². The van der Waals surface area contributed by atoms with E-state index in [1.807, 2.05) is 42.6 Å². The van der Waals surface area contributed by atoms with Gasteiger partial charge in [-0.1, -0.05) is 60.7 Å². The average molecular weight is 418 g/mol. The first-order valence-electron chi connectivity index (χ1n) is 10.7. The minimum absolute atomic E-state index is 0.218. The van der Waals surface area contributed by atoms with Crippen molar-refractivity contribution < 1.29 is 14.6 Å². The quantitative estimate of drug-likeness (QED) is 0.543. The minimum atomic E-state index is -0.915. The standard InChI is InChI=1S/C25H27N3O3/c29-23(30)18-31-16-13-19-11-14-28(15-12-19)22-17-26-24(20-7-3-1-4-8-20)25(27-22)21-9-5-2-6-10-21/h1-10,17,19H,11-16,18H2,(H,29,30). The maximum Gasteiger partial charge on any atom is 0.329 e. The van der Waals surface area contributed by atoms with Gasteiger partial charge in [-0.15, -0.1) is 0 Å². The van der Waals surface area contributed by atoms with E-state index in [4.69, 9.17) is 19.8 Å². The van der Waals surface area contributed by atoms with E-state index >= 15 is 0 Å². The van der Waals surface area contributed by atoms with Crippen molar-refractivity contribution in [1.29, 1.82) is 0 Å². The second-order valence-corrected chi connectivity index (χ2v) is 7.82. The summed E-state index contributed by atoms with van der Waals surface area (Å²) in [6.45, 7) is 2.11. The third-order valence-corrected chi connectivity index (χ3v) is 5.69. The molecule has 3 aromatic rings. The van der Waals surface area contributed by atoms with E-state index in [0.717, 1.165) is 60.7 Å². The fourth-order valence-electron chi connectivity index (χ4n) is 4.00. The van der Waals surface area contributed by atoms with E-state index in [9.17, 15) is 4.79 Å². The molecule has 1 N–H and O–H groups in total. The van der Waals surface area contributed by atoms with Crippen molar-refractivity contribution in [2.24, 2.45) is 5.92 Å². The number of piperidine rings is 1. The van der Waals surface area contributed by atoms with E-state index in [0.29, 0.717) is 12.5 Å². The Morgan fingerprint density at radius 2 is 1.58 bits per heavy atom. The van der Waals surface area contributed by atoms with Crippen LogP contribution in [-0.2, 0) is 9.53 Å². The van der Waals surface area contributed by atoms with Gasteiger partial charge in [0.1, 0.15) is 12.4 Å². The van der Waals surface area contributed by atoms with Crippen LogP contribution in [0.15, 0.2) is 66.9 Å². The van der Waals surface area contributed by atoms with Gasteiger partial charge >= 0.3 is 5.97 Å². The third kappa shape index (κ3) is 5.47. The highest BCUT2D eigenvalue weighted by Crippen LogP contribution is 2.31. The van der Waals surface area contributed by atoms with Gasteiger partial charge in [-0.25, -0.2) is 9.78 Å². The lowest BCUT2D eigenvalue weighted by Crippen LogP contribution is -2.34. The average Bonchev–Trinajstić information content (AvgIpc) is 2.83. The van der Waals surface area contributed by atoms with Crippen molar-refractivity contribution in [3.8, 4) is 22.5 Å². The molecule has 31 heavy (non-hydrogen) atoms. The Kier molecular flexibility index (Phi) is 6.89. The molecular weight excluding hydrogens is 390 g/mol. The number of hydrogen-bond donors (Lipinski definition) is 1. The number of carboxylic acid groups (broad SMARTS) is 1. The molecule has 1 aromatic heterocycles. The van der Waals surface area contributed by atoms with Gasteiger partial charge in [-0.2, -0.15) is 0 Å². The highest BCUT2D eigenvalue weighted by Gasteiger charge is 2.22. The molecule has 6 nitrogen and oxygen atoms in total. The van der Waals surface area contributed by atoms with Crippen LogP contribution in [0.5, 0.6) is 0 Å². The maximum absolute atomic E-state index is 10.6. The van der Waals surface area contributed by atoms with Gasteiger partial charge in [0.25, 0.3) is 0 Å². The molecule has 0 atom stereocenters. The molecule has 4 rings (SSSR count). The zero-order valence-corrected chi connectivity index (χ0v) is 17.5. The molecule has 0 unspecified atom stereocenters. The molecule has 0 spiro atoms. The maximum atomic E-state index is 10.6. The highest BCUT2D eigenvalue weighted by atomic mass is 16.5. The molecule has 160 valence electrons. The summed E-state index contributed by atoms with van der Waals surface area (Å²) in [6.07, 6.45) is 4.86. The largest absolute Gasteiger partial charge is 0.480 e. The summed E-state index contributed by atoms with van der Waals surface area (Å²) in [6, 6.07) is 20.4. The van der Waals surface area contributed by atoms with Gasteiger partial charge in [-0.3, -0.25) is 4.98 Å². The highest BCUT2D eigenvalue weighted by molar-refractivity contribution is 5.78. The summed E-state index contributed by atoms with van der Waals surface area (Å²) >= 11 is 0. The van der Waals surface area contributed by atoms with E-state index in [1.165, 1.54) is 0 Å². The molecule has 0 aliphatic carbocycles. The van der Waals surface area contributed by atoms with Gasteiger partial charge in [-0.05, 0) is 25.2 Å². The number of aromatic nitrogens is 2. The molecule has 1 aliphatic rings. The van der Waals surface area contributed by atoms with Crippen LogP contribution in [0.4, 0.5) is 5.82 Å². The molecule has 0 amide bonds. The Morgan fingerprint density at radius 1 is 0.968 bits per heavy atom. The number of hydrogen-bond acceptors (Lipinski definition) is 5. The predicted octanol–water partition coefficient (Wildman–Crippen LogP) is 4.52. The Labute approximate surface area is 182 Å². The van der Waals surface area contributed by atoms with Crippen molar-refractivity contribution >= 4 is 11.8 Å². The smallest absolute Gasteiger partial charge is 0.329 e. The second-order valence-electron chi connectivity index (χ2n) is 7.82. The number of benzene rings is 2. The molecule has 0 bridgehead atoms. The van der Waals surface area contributed by atoms with Crippen LogP contribution in [0.1, 0.15) is 19.3 Å². The van der Waals surface area contributed by atoms with Crippen LogP contribution in [-0.4, -0.2) is 47.3 Å². The molecule has 1 saturated heterocycles. The van der Waals surface area contributed by atoms with Crippen molar-refractivity contribution in [2.45, 2.75) is 19.3 Å². The van der Waals surface area contributed by atoms with Crippen molar-refractivity contribution in [3.63, 3.8) is 0 Å². The van der Waals surface area contributed by atoms with Crippen molar-refractivity contribution in [1.82, 2.24) is 9.97 Å². The van der Waals surface area contributed by atoms with Crippen molar-refractivity contribution in [2.75, 3.05) is 31.2 Å².